The third-order valence-electron chi connectivity index (χ3n) is 4.06. The summed E-state index contributed by atoms with van der Waals surface area (Å²) in [6.07, 6.45) is 4.40. The number of fused-ring (bicyclic) bond motifs is 1. The molecule has 0 atom stereocenters. The molecule has 128 valence electrons. The third-order valence-corrected chi connectivity index (χ3v) is 4.27. The van der Waals surface area contributed by atoms with Crippen LogP contribution in [0.5, 0.6) is 0 Å². The minimum Gasteiger partial charge on any atom is -0.338 e. The average molecular weight is 363 g/mol. The molecule has 25 heavy (non-hydrogen) atoms. The lowest BCUT2D eigenvalue weighted by Crippen LogP contribution is -2.50. The monoisotopic (exact) mass is 362 g/mol. The highest BCUT2D eigenvalue weighted by Crippen LogP contribution is 2.27. The number of H-pyrrole nitrogens is 1. The van der Waals surface area contributed by atoms with Crippen LogP contribution >= 0.6 is 11.6 Å². The molecule has 1 amide bonds. The van der Waals surface area contributed by atoms with Gasteiger partial charge in [-0.1, -0.05) is 11.6 Å². The molecule has 0 spiro atoms. The predicted octanol–water partition coefficient (Wildman–Crippen LogP) is 1.17. The summed E-state index contributed by atoms with van der Waals surface area (Å²) in [6.45, 7) is 0.160. The quantitative estimate of drug-likeness (QED) is 0.706. The number of amides is 1. The van der Waals surface area contributed by atoms with Crippen LogP contribution in [0, 0.1) is 5.92 Å². The van der Waals surface area contributed by atoms with Crippen molar-refractivity contribution in [2.75, 3.05) is 19.8 Å². The highest BCUT2D eigenvalue weighted by Gasteiger charge is 2.35. The van der Waals surface area contributed by atoms with Crippen LogP contribution < -0.4 is 5.56 Å². The van der Waals surface area contributed by atoms with E-state index in [1.54, 1.807) is 0 Å². The summed E-state index contributed by atoms with van der Waals surface area (Å²) in [5, 5.41) is 4.30. The number of carbonyl (C=O) groups is 1. The second-order valence-corrected chi connectivity index (χ2v) is 6.17. The molecule has 3 aromatic heterocycles. The molecule has 8 nitrogen and oxygen atoms in total. The molecule has 0 unspecified atom stereocenters. The van der Waals surface area contributed by atoms with Gasteiger partial charge in [0, 0.05) is 37.5 Å². The maximum atomic E-state index is 12.9. The van der Waals surface area contributed by atoms with Crippen molar-refractivity contribution in [1.29, 1.82) is 0 Å². The van der Waals surface area contributed by atoms with E-state index in [-0.39, 0.29) is 33.9 Å². The fraction of sp³-hybridized carbons (Fsp3) is 0.267. The minimum atomic E-state index is -0.479. The van der Waals surface area contributed by atoms with Crippen LogP contribution in [0.15, 0.2) is 29.5 Å². The zero-order chi connectivity index (χ0) is 17.6. The summed E-state index contributed by atoms with van der Waals surface area (Å²) < 4.78 is 13.7. The van der Waals surface area contributed by atoms with Crippen LogP contribution in [0.3, 0.4) is 0 Å². The Hall–Kier alpha value is -2.81. The standard InChI is InChI=1S/C15H12ClFN6O2/c16-10-3-11(24)23-14(20-10)12(15(25)22-6-8(4-17)7-22)13(21-23)9-5-18-1-2-19-9/h1-3,5,8,20H,4,6-7H2. The lowest BCUT2D eigenvalue weighted by atomic mass is 10.00. The molecular weight excluding hydrogens is 351 g/mol. The van der Waals surface area contributed by atoms with Crippen LogP contribution in [0.4, 0.5) is 4.39 Å². The minimum absolute atomic E-state index is 0.0855. The summed E-state index contributed by atoms with van der Waals surface area (Å²) >= 11 is 5.93. The summed E-state index contributed by atoms with van der Waals surface area (Å²) in [6, 6.07) is 1.17. The first-order valence-electron chi connectivity index (χ1n) is 7.51. The van der Waals surface area contributed by atoms with Gasteiger partial charge in [0.25, 0.3) is 11.5 Å². The zero-order valence-corrected chi connectivity index (χ0v) is 13.6. The van der Waals surface area contributed by atoms with Gasteiger partial charge in [-0.05, 0) is 0 Å². The molecule has 3 aromatic rings. The molecule has 1 fully saturated rings. The molecule has 4 heterocycles. The largest absolute Gasteiger partial charge is 0.338 e. The van der Waals surface area contributed by atoms with E-state index < -0.39 is 12.2 Å². The van der Waals surface area contributed by atoms with Gasteiger partial charge in [-0.3, -0.25) is 23.9 Å². The first-order chi connectivity index (χ1) is 12.1. The van der Waals surface area contributed by atoms with Crippen molar-refractivity contribution in [2.24, 2.45) is 5.92 Å². The smallest absolute Gasteiger partial charge is 0.275 e. The fourth-order valence-corrected chi connectivity index (χ4v) is 2.99. The van der Waals surface area contributed by atoms with Gasteiger partial charge >= 0.3 is 0 Å². The highest BCUT2D eigenvalue weighted by atomic mass is 35.5. The maximum absolute atomic E-state index is 12.9. The molecule has 0 saturated carbocycles. The van der Waals surface area contributed by atoms with E-state index in [1.165, 1.54) is 29.6 Å². The average Bonchev–Trinajstić information content (AvgIpc) is 2.94. The Morgan fingerprint density at radius 3 is 2.88 bits per heavy atom. The van der Waals surface area contributed by atoms with E-state index in [1.807, 2.05) is 0 Å². The Labute approximate surface area is 145 Å². The molecule has 0 aliphatic carbocycles. The number of alkyl halides is 1. The van der Waals surface area contributed by atoms with E-state index in [9.17, 15) is 14.0 Å². The number of carbonyl (C=O) groups excluding carboxylic acids is 1. The molecule has 1 saturated heterocycles. The molecule has 4 rings (SSSR count). The zero-order valence-electron chi connectivity index (χ0n) is 12.8. The van der Waals surface area contributed by atoms with Crippen molar-refractivity contribution >= 4 is 23.2 Å². The van der Waals surface area contributed by atoms with E-state index >= 15 is 0 Å². The van der Waals surface area contributed by atoms with Gasteiger partial charge < -0.3 is 9.88 Å². The number of nitrogens with one attached hydrogen (secondary N) is 1. The third kappa shape index (κ3) is 2.56. The SMILES string of the molecule is O=C(c1c(-c2cnccn2)nn2c(=O)cc(Cl)[nH]c12)N1CC(CF)C1. The number of likely N-dealkylation sites (tertiary alicyclic amines) is 1. The van der Waals surface area contributed by atoms with Crippen molar-refractivity contribution in [3.05, 3.63) is 45.7 Å². The van der Waals surface area contributed by atoms with Gasteiger partial charge in [0.1, 0.15) is 22.1 Å². The number of rotatable bonds is 3. The number of nitrogens with zero attached hydrogens (tertiary/aromatic N) is 5. The Morgan fingerprint density at radius 2 is 2.20 bits per heavy atom. The molecule has 1 N–H and O–H groups in total. The number of halogens is 2. The highest BCUT2D eigenvalue weighted by molar-refractivity contribution is 6.29. The number of aromatic amines is 1. The van der Waals surface area contributed by atoms with Gasteiger partial charge in [-0.25, -0.2) is 0 Å². The molecule has 0 aromatic carbocycles. The van der Waals surface area contributed by atoms with E-state index in [2.05, 4.69) is 20.1 Å². The summed E-state index contributed by atoms with van der Waals surface area (Å²) in [7, 11) is 0. The van der Waals surface area contributed by atoms with E-state index in [4.69, 9.17) is 11.6 Å². The lowest BCUT2D eigenvalue weighted by molar-refractivity contribution is 0.0455. The van der Waals surface area contributed by atoms with Gasteiger partial charge in [0.2, 0.25) is 0 Å². The molecule has 0 radical (unpaired) electrons. The van der Waals surface area contributed by atoms with Crippen LogP contribution in [0.1, 0.15) is 10.4 Å². The van der Waals surface area contributed by atoms with Crippen LogP contribution in [-0.4, -0.2) is 55.1 Å². The Morgan fingerprint density at radius 1 is 1.40 bits per heavy atom. The topological polar surface area (TPSA) is 96.2 Å². The molecule has 1 aliphatic heterocycles. The van der Waals surface area contributed by atoms with Crippen molar-refractivity contribution < 1.29 is 9.18 Å². The van der Waals surface area contributed by atoms with E-state index in [0.717, 1.165) is 4.52 Å². The number of aromatic nitrogens is 5. The first kappa shape index (κ1) is 15.7. The Kier molecular flexibility index (Phi) is 3.72. The predicted molar refractivity (Wildman–Crippen MR) is 87.2 cm³/mol. The normalized spacial score (nSPS) is 14.7. The number of hydrogen-bond donors (Lipinski definition) is 1. The molecule has 10 heteroatoms. The maximum Gasteiger partial charge on any atom is 0.275 e. The van der Waals surface area contributed by atoms with Gasteiger partial charge in [-0.2, -0.15) is 9.61 Å². The van der Waals surface area contributed by atoms with Gasteiger partial charge in [0.15, 0.2) is 5.65 Å². The molecular formula is C15H12ClFN6O2. The van der Waals surface area contributed by atoms with Crippen LogP contribution in [0.25, 0.3) is 17.0 Å². The van der Waals surface area contributed by atoms with Crippen molar-refractivity contribution in [1.82, 2.24) is 29.5 Å². The van der Waals surface area contributed by atoms with Gasteiger partial charge in [0.05, 0.1) is 12.9 Å². The summed E-state index contributed by atoms with van der Waals surface area (Å²) in [4.78, 5) is 37.5. The van der Waals surface area contributed by atoms with Gasteiger partial charge in [-0.15, -0.1) is 0 Å². The van der Waals surface area contributed by atoms with E-state index in [0.29, 0.717) is 18.8 Å². The summed E-state index contributed by atoms with van der Waals surface area (Å²) in [5.74, 6) is -0.522. The Bertz CT molecular complexity index is 1010. The van der Waals surface area contributed by atoms with Crippen LogP contribution in [-0.2, 0) is 0 Å². The second kappa shape index (κ2) is 5.92. The molecule has 1 aliphatic rings. The second-order valence-electron chi connectivity index (χ2n) is 5.76. The molecule has 0 bridgehead atoms. The fourth-order valence-electron chi connectivity index (χ4n) is 2.81. The Balaban J connectivity index is 1.91. The number of hydrogen-bond acceptors (Lipinski definition) is 5. The van der Waals surface area contributed by atoms with Crippen molar-refractivity contribution in [2.45, 2.75) is 0 Å². The first-order valence-corrected chi connectivity index (χ1v) is 7.89. The van der Waals surface area contributed by atoms with Crippen molar-refractivity contribution in [3.63, 3.8) is 0 Å². The summed E-state index contributed by atoms with van der Waals surface area (Å²) in [5.41, 5.74) is 0.427. The van der Waals surface area contributed by atoms with Crippen molar-refractivity contribution in [3.8, 4) is 11.4 Å². The van der Waals surface area contributed by atoms with Crippen LogP contribution in [0.2, 0.25) is 5.15 Å². The lowest BCUT2D eigenvalue weighted by Gasteiger charge is -2.37.